The van der Waals surface area contributed by atoms with Gasteiger partial charge >= 0.3 is 0 Å². The van der Waals surface area contributed by atoms with E-state index in [-0.39, 0.29) is 5.78 Å². The monoisotopic (exact) mass is 294 g/mol. The Hall–Kier alpha value is -0.930. The molecule has 0 fully saturated rings. The second-order valence-corrected chi connectivity index (χ2v) is 6.02. The highest BCUT2D eigenvalue weighted by molar-refractivity contribution is 9.11. The highest BCUT2D eigenvalue weighted by Gasteiger charge is 2.08. The van der Waals surface area contributed by atoms with E-state index in [2.05, 4.69) is 22.0 Å². The first-order valence-corrected chi connectivity index (χ1v) is 6.65. The van der Waals surface area contributed by atoms with E-state index in [1.54, 1.807) is 11.3 Å². The lowest BCUT2D eigenvalue weighted by Crippen LogP contribution is -2.01. The molecule has 1 aromatic carbocycles. The molecule has 2 rings (SSSR count). The van der Waals surface area contributed by atoms with Crippen LogP contribution in [0.3, 0.4) is 0 Å². The van der Waals surface area contributed by atoms with E-state index in [4.69, 9.17) is 0 Å². The Kier molecular flexibility index (Phi) is 3.56. The van der Waals surface area contributed by atoms with Crippen molar-refractivity contribution in [1.82, 2.24) is 0 Å². The number of halogens is 1. The van der Waals surface area contributed by atoms with Crippen molar-refractivity contribution < 1.29 is 4.79 Å². The van der Waals surface area contributed by atoms with E-state index >= 15 is 0 Å². The maximum absolute atomic E-state index is 11.9. The van der Waals surface area contributed by atoms with Crippen molar-refractivity contribution in [2.24, 2.45) is 0 Å². The van der Waals surface area contributed by atoms with Crippen LogP contribution >= 0.6 is 27.3 Å². The molecule has 0 radical (unpaired) electrons. The van der Waals surface area contributed by atoms with Gasteiger partial charge in [0.2, 0.25) is 0 Å². The first kappa shape index (κ1) is 11.6. The molecule has 82 valence electrons. The van der Waals surface area contributed by atoms with Crippen molar-refractivity contribution in [2.45, 2.75) is 13.3 Å². The zero-order valence-electron chi connectivity index (χ0n) is 8.87. The van der Waals surface area contributed by atoms with Gasteiger partial charge in [0.05, 0.1) is 3.79 Å². The summed E-state index contributed by atoms with van der Waals surface area (Å²) < 4.78 is 1.00. The molecule has 0 saturated carbocycles. The zero-order valence-corrected chi connectivity index (χ0v) is 11.3. The van der Waals surface area contributed by atoms with Crippen LogP contribution in [0.5, 0.6) is 0 Å². The van der Waals surface area contributed by atoms with E-state index in [9.17, 15) is 4.79 Å². The number of Topliss-reactive ketones (excluding diaryl/α,β-unsaturated/α-hetero) is 1. The van der Waals surface area contributed by atoms with Gasteiger partial charge in [-0.25, -0.2) is 0 Å². The maximum atomic E-state index is 11.9. The zero-order chi connectivity index (χ0) is 11.5. The van der Waals surface area contributed by atoms with Gasteiger partial charge in [0.1, 0.15) is 0 Å². The van der Waals surface area contributed by atoms with Crippen LogP contribution in [0.25, 0.3) is 0 Å². The van der Waals surface area contributed by atoms with Gasteiger partial charge in [0, 0.05) is 17.4 Å². The molecule has 16 heavy (non-hydrogen) atoms. The molecule has 0 aliphatic carbocycles. The summed E-state index contributed by atoms with van der Waals surface area (Å²) in [4.78, 5) is 11.9. The summed E-state index contributed by atoms with van der Waals surface area (Å²) in [5.41, 5.74) is 3.06. The van der Waals surface area contributed by atoms with Crippen molar-refractivity contribution in [3.63, 3.8) is 0 Å². The largest absolute Gasteiger partial charge is 0.294 e. The van der Waals surface area contributed by atoms with Crippen LogP contribution in [0.1, 0.15) is 21.5 Å². The summed E-state index contributed by atoms with van der Waals surface area (Å²) >= 11 is 4.91. The van der Waals surface area contributed by atoms with E-state index < -0.39 is 0 Å². The third-order valence-electron chi connectivity index (χ3n) is 2.34. The summed E-state index contributed by atoms with van der Waals surface area (Å²) in [7, 11) is 0. The molecular formula is C13H11BrOS. The van der Waals surface area contributed by atoms with Crippen molar-refractivity contribution >= 4 is 33.0 Å². The molecule has 2 aromatic rings. The minimum atomic E-state index is 0.174. The van der Waals surface area contributed by atoms with Gasteiger partial charge in [-0.2, -0.15) is 0 Å². The van der Waals surface area contributed by atoms with Crippen LogP contribution < -0.4 is 0 Å². The van der Waals surface area contributed by atoms with Gasteiger partial charge in [-0.15, -0.1) is 11.3 Å². The first-order valence-electron chi connectivity index (χ1n) is 4.98. The summed E-state index contributed by atoms with van der Waals surface area (Å²) in [6.45, 7) is 2.04. The number of aryl methyl sites for hydroxylation is 1. The number of benzene rings is 1. The lowest BCUT2D eigenvalue weighted by molar-refractivity contribution is 0.0993. The van der Waals surface area contributed by atoms with Crippen molar-refractivity contribution in [3.8, 4) is 0 Å². The Morgan fingerprint density at radius 1 is 1.38 bits per heavy atom. The average Bonchev–Trinajstić information content (AvgIpc) is 2.65. The lowest BCUT2D eigenvalue weighted by atomic mass is 10.0. The van der Waals surface area contributed by atoms with Gasteiger partial charge in [0.15, 0.2) is 5.78 Å². The number of carbonyl (C=O) groups is 1. The normalized spacial score (nSPS) is 10.4. The fourth-order valence-corrected chi connectivity index (χ4v) is 2.73. The van der Waals surface area contributed by atoms with Crippen molar-refractivity contribution in [2.75, 3.05) is 0 Å². The minimum Gasteiger partial charge on any atom is -0.294 e. The molecule has 0 N–H and O–H groups in total. The second-order valence-electron chi connectivity index (χ2n) is 3.73. The molecular weight excluding hydrogens is 284 g/mol. The van der Waals surface area contributed by atoms with Gasteiger partial charge in [-0.3, -0.25) is 4.79 Å². The molecule has 0 atom stereocenters. The molecule has 3 heteroatoms. The number of thiophene rings is 1. The molecule has 1 heterocycles. The third-order valence-corrected chi connectivity index (χ3v) is 3.84. The van der Waals surface area contributed by atoms with Crippen LogP contribution in [-0.4, -0.2) is 5.78 Å². The number of hydrogen-bond acceptors (Lipinski definition) is 2. The van der Waals surface area contributed by atoms with Crippen LogP contribution in [0.4, 0.5) is 0 Å². The fraction of sp³-hybridized carbons (Fsp3) is 0.154. The maximum Gasteiger partial charge on any atom is 0.168 e. The Balaban J connectivity index is 2.13. The quantitative estimate of drug-likeness (QED) is 0.774. The highest BCUT2D eigenvalue weighted by Crippen LogP contribution is 2.22. The van der Waals surface area contributed by atoms with Crippen LogP contribution in [0.15, 0.2) is 39.5 Å². The van der Waals surface area contributed by atoms with Crippen LogP contribution in [-0.2, 0) is 6.42 Å². The smallest absolute Gasteiger partial charge is 0.168 e. The molecule has 0 aliphatic rings. The third kappa shape index (κ3) is 2.80. The highest BCUT2D eigenvalue weighted by atomic mass is 79.9. The van der Waals surface area contributed by atoms with E-state index in [0.29, 0.717) is 6.42 Å². The molecule has 0 saturated heterocycles. The van der Waals surface area contributed by atoms with Gasteiger partial charge in [-0.05, 0) is 34.5 Å². The van der Waals surface area contributed by atoms with E-state index in [1.165, 1.54) is 5.56 Å². The van der Waals surface area contributed by atoms with Gasteiger partial charge in [-0.1, -0.05) is 29.8 Å². The standard InChI is InChI=1S/C13H11BrOS/c1-9-3-2-4-10(5-9)6-12(15)11-7-13(14)16-8-11/h2-5,7-8H,6H2,1H3. The Morgan fingerprint density at radius 2 is 2.19 bits per heavy atom. The summed E-state index contributed by atoms with van der Waals surface area (Å²) in [5, 5.41) is 1.89. The van der Waals surface area contributed by atoms with Gasteiger partial charge in [0.25, 0.3) is 0 Å². The predicted octanol–water partition coefficient (Wildman–Crippen LogP) is 4.24. The molecule has 1 aromatic heterocycles. The minimum absolute atomic E-state index is 0.174. The fourth-order valence-electron chi connectivity index (χ4n) is 1.57. The van der Waals surface area contributed by atoms with Crippen LogP contribution in [0, 0.1) is 6.92 Å². The van der Waals surface area contributed by atoms with Gasteiger partial charge < -0.3 is 0 Å². The Labute approximate surface area is 107 Å². The molecule has 0 amide bonds. The lowest BCUT2D eigenvalue weighted by Gasteiger charge is -2.00. The molecule has 0 bridgehead atoms. The van der Waals surface area contributed by atoms with Crippen LogP contribution in [0.2, 0.25) is 0 Å². The number of rotatable bonds is 3. The second kappa shape index (κ2) is 4.93. The number of hydrogen-bond donors (Lipinski definition) is 0. The summed E-state index contributed by atoms with van der Waals surface area (Å²) in [6.07, 6.45) is 0.477. The topological polar surface area (TPSA) is 17.1 Å². The van der Waals surface area contributed by atoms with Crippen molar-refractivity contribution in [3.05, 3.63) is 56.2 Å². The number of ketones is 1. The number of carbonyl (C=O) groups excluding carboxylic acids is 1. The molecule has 1 nitrogen and oxygen atoms in total. The summed E-state index contributed by atoms with van der Waals surface area (Å²) in [5.74, 6) is 0.174. The Morgan fingerprint density at radius 3 is 2.81 bits per heavy atom. The average molecular weight is 295 g/mol. The molecule has 0 spiro atoms. The van der Waals surface area contributed by atoms with E-state index in [1.807, 2.05) is 36.6 Å². The SMILES string of the molecule is Cc1cccc(CC(=O)c2csc(Br)c2)c1. The summed E-state index contributed by atoms with van der Waals surface area (Å²) in [6, 6.07) is 9.95. The molecule has 0 unspecified atom stereocenters. The van der Waals surface area contributed by atoms with E-state index in [0.717, 1.165) is 14.9 Å². The first-order chi connectivity index (χ1) is 7.65. The Bertz CT molecular complexity index is 516. The predicted molar refractivity (Wildman–Crippen MR) is 71.2 cm³/mol. The van der Waals surface area contributed by atoms with Crippen molar-refractivity contribution in [1.29, 1.82) is 0 Å². The molecule has 0 aliphatic heterocycles.